The van der Waals surface area contributed by atoms with Gasteiger partial charge in [0.05, 0.1) is 12.7 Å². The molecule has 1 unspecified atom stereocenters. The van der Waals surface area contributed by atoms with Crippen LogP contribution < -0.4 is 5.32 Å². The summed E-state index contributed by atoms with van der Waals surface area (Å²) >= 11 is 0. The summed E-state index contributed by atoms with van der Waals surface area (Å²) in [5.41, 5.74) is 0.232. The van der Waals surface area contributed by atoms with Crippen LogP contribution in [0.5, 0.6) is 0 Å². The number of aromatic nitrogens is 1. The summed E-state index contributed by atoms with van der Waals surface area (Å²) in [6.45, 7) is 1.69. The topological polar surface area (TPSA) is 82.5 Å². The van der Waals surface area contributed by atoms with Gasteiger partial charge in [0.15, 0.2) is 0 Å². The zero-order chi connectivity index (χ0) is 15.2. The third kappa shape index (κ3) is 4.49. The van der Waals surface area contributed by atoms with Gasteiger partial charge in [-0.15, -0.1) is 0 Å². The zero-order valence-electron chi connectivity index (χ0n) is 11.6. The summed E-state index contributed by atoms with van der Waals surface area (Å²) in [5, 5.41) is 11.4. The van der Waals surface area contributed by atoms with Crippen LogP contribution in [0.1, 0.15) is 23.3 Å². The van der Waals surface area contributed by atoms with Crippen molar-refractivity contribution >= 4 is 11.9 Å². The lowest BCUT2D eigenvalue weighted by molar-refractivity contribution is -0.136. The number of nitrogens with zero attached hydrogens (tertiary/aromatic N) is 2. The monoisotopic (exact) mass is 295 g/mol. The first-order valence-electron chi connectivity index (χ1n) is 6.89. The first kappa shape index (κ1) is 15.4. The minimum absolute atomic E-state index is 0.0794. The van der Waals surface area contributed by atoms with E-state index in [9.17, 15) is 14.0 Å². The molecule has 2 heterocycles. The molecule has 1 amide bonds. The fraction of sp³-hybridized carbons (Fsp3) is 0.500. The average Bonchev–Trinajstić information content (AvgIpc) is 2.47. The minimum Gasteiger partial charge on any atom is -0.480 e. The highest BCUT2D eigenvalue weighted by molar-refractivity contribution is 5.92. The Labute approximate surface area is 122 Å². The SMILES string of the molecule is O=C(O)CNCC1CCCN(C(=O)c2ccc(F)cn2)C1. The number of piperidine rings is 1. The Hall–Kier alpha value is -2.02. The van der Waals surface area contributed by atoms with Crippen LogP contribution in [-0.4, -0.2) is 53.0 Å². The van der Waals surface area contributed by atoms with Gasteiger partial charge in [-0.25, -0.2) is 9.37 Å². The fourth-order valence-corrected chi connectivity index (χ4v) is 2.46. The molecule has 1 aromatic heterocycles. The number of carboxylic acid groups (broad SMARTS) is 1. The molecule has 2 N–H and O–H groups in total. The molecule has 1 aliphatic rings. The van der Waals surface area contributed by atoms with Crippen molar-refractivity contribution in [2.24, 2.45) is 5.92 Å². The van der Waals surface area contributed by atoms with E-state index in [0.717, 1.165) is 19.0 Å². The smallest absolute Gasteiger partial charge is 0.317 e. The van der Waals surface area contributed by atoms with Crippen molar-refractivity contribution in [3.05, 3.63) is 29.8 Å². The van der Waals surface area contributed by atoms with Crippen molar-refractivity contribution < 1.29 is 19.1 Å². The fourth-order valence-electron chi connectivity index (χ4n) is 2.46. The van der Waals surface area contributed by atoms with Gasteiger partial charge in [-0.3, -0.25) is 9.59 Å². The minimum atomic E-state index is -0.894. The van der Waals surface area contributed by atoms with Crippen LogP contribution in [0.25, 0.3) is 0 Å². The number of halogens is 1. The largest absolute Gasteiger partial charge is 0.480 e. The van der Waals surface area contributed by atoms with E-state index in [1.54, 1.807) is 4.90 Å². The van der Waals surface area contributed by atoms with E-state index in [4.69, 9.17) is 5.11 Å². The van der Waals surface area contributed by atoms with E-state index in [2.05, 4.69) is 10.3 Å². The quantitative estimate of drug-likeness (QED) is 0.837. The first-order valence-corrected chi connectivity index (χ1v) is 6.89. The highest BCUT2D eigenvalue weighted by Gasteiger charge is 2.25. The average molecular weight is 295 g/mol. The molecule has 0 aromatic carbocycles. The van der Waals surface area contributed by atoms with Gasteiger partial charge in [0, 0.05) is 19.6 Å². The van der Waals surface area contributed by atoms with Gasteiger partial charge in [0.25, 0.3) is 5.91 Å². The summed E-state index contributed by atoms with van der Waals surface area (Å²) < 4.78 is 12.8. The van der Waals surface area contributed by atoms with E-state index < -0.39 is 11.8 Å². The molecule has 1 aliphatic heterocycles. The summed E-state index contributed by atoms with van der Waals surface area (Å²) in [6, 6.07) is 2.60. The molecule has 0 radical (unpaired) electrons. The van der Waals surface area contributed by atoms with Crippen molar-refractivity contribution in [1.82, 2.24) is 15.2 Å². The van der Waals surface area contributed by atoms with Crippen LogP contribution in [0, 0.1) is 11.7 Å². The molecular weight excluding hydrogens is 277 g/mol. The predicted molar refractivity (Wildman–Crippen MR) is 73.3 cm³/mol. The number of nitrogens with one attached hydrogen (secondary N) is 1. The predicted octanol–water partition coefficient (Wildman–Crippen LogP) is 0.747. The number of pyridine rings is 1. The number of aliphatic carboxylic acids is 1. The Kier molecular flexibility index (Phi) is 5.21. The van der Waals surface area contributed by atoms with Crippen molar-refractivity contribution in [3.8, 4) is 0 Å². The zero-order valence-corrected chi connectivity index (χ0v) is 11.6. The molecule has 0 spiro atoms. The molecule has 1 aromatic rings. The van der Waals surface area contributed by atoms with Crippen LogP contribution >= 0.6 is 0 Å². The van der Waals surface area contributed by atoms with Gasteiger partial charge < -0.3 is 15.3 Å². The summed E-state index contributed by atoms with van der Waals surface area (Å²) in [7, 11) is 0. The van der Waals surface area contributed by atoms with Gasteiger partial charge in [-0.1, -0.05) is 0 Å². The maximum atomic E-state index is 12.8. The molecule has 0 bridgehead atoms. The Bertz CT molecular complexity index is 507. The van der Waals surface area contributed by atoms with E-state index >= 15 is 0 Å². The third-order valence-corrected chi connectivity index (χ3v) is 3.46. The maximum absolute atomic E-state index is 12.8. The number of hydrogen-bond acceptors (Lipinski definition) is 4. The third-order valence-electron chi connectivity index (χ3n) is 3.46. The van der Waals surface area contributed by atoms with E-state index in [-0.39, 0.29) is 24.1 Å². The van der Waals surface area contributed by atoms with Gasteiger partial charge in [-0.05, 0) is 30.9 Å². The summed E-state index contributed by atoms with van der Waals surface area (Å²) in [4.78, 5) is 28.2. The number of carboxylic acids is 1. The Morgan fingerprint density at radius 2 is 2.29 bits per heavy atom. The summed E-state index contributed by atoms with van der Waals surface area (Å²) in [6.07, 6.45) is 2.85. The standard InChI is InChI=1S/C14H18FN3O3/c15-11-3-4-12(17-7-11)14(21)18-5-1-2-10(9-18)6-16-8-13(19)20/h3-4,7,10,16H,1-2,5-6,8-9H2,(H,19,20). The highest BCUT2D eigenvalue weighted by atomic mass is 19.1. The second-order valence-corrected chi connectivity index (χ2v) is 5.15. The Balaban J connectivity index is 1.89. The Morgan fingerprint density at radius 1 is 1.48 bits per heavy atom. The maximum Gasteiger partial charge on any atom is 0.317 e. The van der Waals surface area contributed by atoms with Crippen LogP contribution in [0.4, 0.5) is 4.39 Å². The molecule has 2 rings (SSSR count). The summed E-state index contributed by atoms with van der Waals surface area (Å²) in [5.74, 6) is -1.35. The molecular formula is C14H18FN3O3. The number of hydrogen-bond donors (Lipinski definition) is 2. The number of amides is 1. The molecule has 0 aliphatic carbocycles. The van der Waals surface area contributed by atoms with Gasteiger partial charge in [-0.2, -0.15) is 0 Å². The van der Waals surface area contributed by atoms with Gasteiger partial charge >= 0.3 is 5.97 Å². The lowest BCUT2D eigenvalue weighted by Gasteiger charge is -2.32. The first-order chi connectivity index (χ1) is 10.1. The molecule has 6 nitrogen and oxygen atoms in total. The van der Waals surface area contributed by atoms with Gasteiger partial charge in [0.1, 0.15) is 11.5 Å². The van der Waals surface area contributed by atoms with E-state index in [1.807, 2.05) is 0 Å². The van der Waals surface area contributed by atoms with Crippen molar-refractivity contribution in [3.63, 3.8) is 0 Å². The second kappa shape index (κ2) is 7.12. The van der Waals surface area contributed by atoms with Crippen LogP contribution in [0.15, 0.2) is 18.3 Å². The molecule has 1 saturated heterocycles. The van der Waals surface area contributed by atoms with Crippen LogP contribution in [0.2, 0.25) is 0 Å². The number of carbonyl (C=O) groups is 2. The molecule has 0 saturated carbocycles. The highest BCUT2D eigenvalue weighted by Crippen LogP contribution is 2.17. The molecule has 7 heteroatoms. The molecule has 114 valence electrons. The molecule has 1 atom stereocenters. The van der Waals surface area contributed by atoms with Gasteiger partial charge in [0.2, 0.25) is 0 Å². The van der Waals surface area contributed by atoms with E-state index in [1.165, 1.54) is 12.1 Å². The normalized spacial score (nSPS) is 18.5. The lowest BCUT2D eigenvalue weighted by atomic mass is 9.97. The van der Waals surface area contributed by atoms with Crippen LogP contribution in [-0.2, 0) is 4.79 Å². The van der Waals surface area contributed by atoms with E-state index in [0.29, 0.717) is 19.6 Å². The van der Waals surface area contributed by atoms with Crippen molar-refractivity contribution in [2.45, 2.75) is 12.8 Å². The lowest BCUT2D eigenvalue weighted by Crippen LogP contribution is -2.43. The van der Waals surface area contributed by atoms with Crippen molar-refractivity contribution in [1.29, 1.82) is 0 Å². The number of likely N-dealkylation sites (tertiary alicyclic amines) is 1. The molecule has 21 heavy (non-hydrogen) atoms. The van der Waals surface area contributed by atoms with Crippen molar-refractivity contribution in [2.75, 3.05) is 26.2 Å². The van der Waals surface area contributed by atoms with Crippen LogP contribution in [0.3, 0.4) is 0 Å². The number of carbonyl (C=O) groups excluding carboxylic acids is 1. The second-order valence-electron chi connectivity index (χ2n) is 5.15. The number of rotatable bonds is 5. The molecule has 1 fully saturated rings. The Morgan fingerprint density at radius 3 is 2.95 bits per heavy atom.